The maximum Gasteiger partial charge on any atom is 0.161 e. The summed E-state index contributed by atoms with van der Waals surface area (Å²) in [7, 11) is 3.26. The van der Waals surface area contributed by atoms with Crippen LogP contribution in [0.2, 0.25) is 0 Å². The lowest BCUT2D eigenvalue weighted by molar-refractivity contribution is 0.354. The summed E-state index contributed by atoms with van der Waals surface area (Å²) >= 11 is 0. The Morgan fingerprint density at radius 3 is 2.44 bits per heavy atom. The second-order valence-corrected chi connectivity index (χ2v) is 4.05. The summed E-state index contributed by atoms with van der Waals surface area (Å²) < 4.78 is 10.5. The van der Waals surface area contributed by atoms with Crippen LogP contribution in [0.1, 0.15) is 17.0 Å². The minimum Gasteiger partial charge on any atom is -0.493 e. The van der Waals surface area contributed by atoms with Crippen LogP contribution in [0.5, 0.6) is 11.5 Å². The van der Waals surface area contributed by atoms with Gasteiger partial charge >= 0.3 is 0 Å². The van der Waals surface area contributed by atoms with Gasteiger partial charge in [-0.05, 0) is 29.3 Å². The van der Waals surface area contributed by atoms with Crippen LogP contribution in [0.3, 0.4) is 0 Å². The monoisotopic (exact) mass is 246 g/mol. The molecule has 2 aromatic rings. The van der Waals surface area contributed by atoms with Crippen molar-refractivity contribution in [3.63, 3.8) is 0 Å². The minimum atomic E-state index is 0.163. The van der Waals surface area contributed by atoms with Crippen molar-refractivity contribution in [1.29, 1.82) is 0 Å². The van der Waals surface area contributed by atoms with Crippen molar-refractivity contribution in [2.24, 2.45) is 5.73 Å². The van der Waals surface area contributed by atoms with E-state index < -0.39 is 0 Å². The van der Waals surface area contributed by atoms with Crippen LogP contribution in [0.25, 0.3) is 0 Å². The molecule has 18 heavy (non-hydrogen) atoms. The van der Waals surface area contributed by atoms with E-state index in [1.54, 1.807) is 14.2 Å². The molecule has 0 bridgehead atoms. The van der Waals surface area contributed by atoms with Gasteiger partial charge in [-0.2, -0.15) is 0 Å². The second-order valence-electron chi connectivity index (χ2n) is 4.05. The lowest BCUT2D eigenvalue weighted by atomic mass is 9.93. The number of nitrogens with one attached hydrogen (secondary N) is 1. The van der Waals surface area contributed by atoms with E-state index in [0.717, 1.165) is 17.1 Å². The van der Waals surface area contributed by atoms with Gasteiger partial charge < -0.3 is 20.2 Å². The van der Waals surface area contributed by atoms with E-state index >= 15 is 0 Å². The molecule has 1 aromatic carbocycles. The predicted molar refractivity (Wildman–Crippen MR) is 71.2 cm³/mol. The molecule has 0 spiro atoms. The lowest BCUT2D eigenvalue weighted by Gasteiger charge is -2.16. The van der Waals surface area contributed by atoms with E-state index in [9.17, 15) is 0 Å². The number of nitrogens with two attached hydrogens (primary N) is 1. The van der Waals surface area contributed by atoms with Crippen LogP contribution in [0.15, 0.2) is 36.7 Å². The van der Waals surface area contributed by atoms with Crippen LogP contribution in [-0.2, 0) is 0 Å². The second kappa shape index (κ2) is 5.60. The summed E-state index contributed by atoms with van der Waals surface area (Å²) in [6, 6.07) is 7.94. The van der Waals surface area contributed by atoms with Gasteiger partial charge in [-0.3, -0.25) is 0 Å². The SMILES string of the molecule is COc1ccc(C(CN)c2cc[nH]c2)cc1OC. The molecule has 1 unspecified atom stereocenters. The number of rotatable bonds is 5. The Balaban J connectivity index is 2.37. The zero-order chi connectivity index (χ0) is 13.0. The number of benzene rings is 1. The third-order valence-corrected chi connectivity index (χ3v) is 3.07. The molecule has 1 atom stereocenters. The third-order valence-electron chi connectivity index (χ3n) is 3.07. The molecule has 0 amide bonds. The van der Waals surface area contributed by atoms with E-state index in [1.165, 1.54) is 5.56 Å². The first-order chi connectivity index (χ1) is 8.80. The van der Waals surface area contributed by atoms with Crippen molar-refractivity contribution in [1.82, 2.24) is 4.98 Å². The molecule has 1 aromatic heterocycles. The molecule has 0 aliphatic heterocycles. The molecular weight excluding hydrogens is 228 g/mol. The summed E-state index contributed by atoms with van der Waals surface area (Å²) in [6.07, 6.45) is 3.87. The molecule has 96 valence electrons. The first kappa shape index (κ1) is 12.5. The summed E-state index contributed by atoms with van der Waals surface area (Å²) in [5.41, 5.74) is 8.16. The number of aromatic nitrogens is 1. The van der Waals surface area contributed by atoms with Gasteiger partial charge in [0.1, 0.15) is 0 Å². The highest BCUT2D eigenvalue weighted by Gasteiger charge is 2.15. The van der Waals surface area contributed by atoms with Crippen molar-refractivity contribution >= 4 is 0 Å². The molecule has 2 rings (SSSR count). The van der Waals surface area contributed by atoms with Crippen LogP contribution < -0.4 is 15.2 Å². The van der Waals surface area contributed by atoms with Gasteiger partial charge in [0, 0.05) is 24.9 Å². The number of aromatic amines is 1. The molecule has 0 fully saturated rings. The Labute approximate surface area is 107 Å². The average Bonchev–Trinajstić information content (AvgIpc) is 2.93. The van der Waals surface area contributed by atoms with Gasteiger partial charge in [0.05, 0.1) is 14.2 Å². The van der Waals surface area contributed by atoms with Gasteiger partial charge in [0.15, 0.2) is 11.5 Å². The smallest absolute Gasteiger partial charge is 0.161 e. The number of ether oxygens (including phenoxy) is 2. The highest BCUT2D eigenvalue weighted by atomic mass is 16.5. The highest BCUT2D eigenvalue weighted by Crippen LogP contribution is 2.32. The van der Waals surface area contributed by atoms with Crippen LogP contribution in [-0.4, -0.2) is 25.7 Å². The topological polar surface area (TPSA) is 60.3 Å². The van der Waals surface area contributed by atoms with Gasteiger partial charge in [0.25, 0.3) is 0 Å². The first-order valence-corrected chi connectivity index (χ1v) is 5.84. The zero-order valence-corrected chi connectivity index (χ0v) is 10.6. The lowest BCUT2D eigenvalue weighted by Crippen LogP contribution is -2.13. The maximum atomic E-state index is 5.87. The van der Waals surface area contributed by atoms with E-state index in [2.05, 4.69) is 4.98 Å². The molecule has 3 N–H and O–H groups in total. The molecule has 4 heteroatoms. The summed E-state index contributed by atoms with van der Waals surface area (Å²) in [5.74, 6) is 1.62. The molecule has 0 saturated heterocycles. The number of H-pyrrole nitrogens is 1. The number of hydrogen-bond donors (Lipinski definition) is 2. The van der Waals surface area contributed by atoms with Crippen molar-refractivity contribution in [3.05, 3.63) is 47.8 Å². The molecule has 0 radical (unpaired) electrons. The number of methoxy groups -OCH3 is 2. The van der Waals surface area contributed by atoms with Crippen molar-refractivity contribution in [2.45, 2.75) is 5.92 Å². The third kappa shape index (κ3) is 2.33. The van der Waals surface area contributed by atoms with E-state index in [-0.39, 0.29) is 5.92 Å². The van der Waals surface area contributed by atoms with Crippen molar-refractivity contribution < 1.29 is 9.47 Å². The fraction of sp³-hybridized carbons (Fsp3) is 0.286. The molecule has 0 aliphatic carbocycles. The van der Waals surface area contributed by atoms with Crippen LogP contribution in [0.4, 0.5) is 0 Å². The van der Waals surface area contributed by atoms with E-state index in [1.807, 2.05) is 36.7 Å². The minimum absolute atomic E-state index is 0.163. The standard InChI is InChI=1S/C14H18N2O2/c1-17-13-4-3-10(7-14(13)18-2)12(8-15)11-5-6-16-9-11/h3-7,9,12,16H,8,15H2,1-2H3. The number of hydrogen-bond acceptors (Lipinski definition) is 3. The van der Waals surface area contributed by atoms with Crippen molar-refractivity contribution in [2.75, 3.05) is 20.8 Å². The normalized spacial score (nSPS) is 12.2. The molecule has 0 saturated carbocycles. The first-order valence-electron chi connectivity index (χ1n) is 5.84. The quantitative estimate of drug-likeness (QED) is 0.849. The Hall–Kier alpha value is -1.94. The Morgan fingerprint density at radius 1 is 1.11 bits per heavy atom. The highest BCUT2D eigenvalue weighted by molar-refractivity contribution is 5.46. The van der Waals surface area contributed by atoms with Gasteiger partial charge in [-0.1, -0.05) is 6.07 Å². The summed E-state index contributed by atoms with van der Waals surface area (Å²) in [4.78, 5) is 3.05. The Morgan fingerprint density at radius 2 is 1.89 bits per heavy atom. The fourth-order valence-electron chi connectivity index (χ4n) is 2.09. The molecule has 4 nitrogen and oxygen atoms in total. The predicted octanol–water partition coefficient (Wildman–Crippen LogP) is 2.12. The average molecular weight is 246 g/mol. The van der Waals surface area contributed by atoms with Gasteiger partial charge in [-0.25, -0.2) is 0 Å². The Kier molecular flexibility index (Phi) is 3.89. The van der Waals surface area contributed by atoms with Gasteiger partial charge in [-0.15, -0.1) is 0 Å². The summed E-state index contributed by atoms with van der Waals surface area (Å²) in [5, 5.41) is 0. The van der Waals surface area contributed by atoms with E-state index in [0.29, 0.717) is 6.54 Å². The summed E-state index contributed by atoms with van der Waals surface area (Å²) in [6.45, 7) is 0.549. The fourth-order valence-corrected chi connectivity index (χ4v) is 2.09. The molecular formula is C14H18N2O2. The Bertz CT molecular complexity index is 495. The molecule has 1 heterocycles. The van der Waals surface area contributed by atoms with Crippen LogP contribution in [0, 0.1) is 0 Å². The van der Waals surface area contributed by atoms with E-state index in [4.69, 9.17) is 15.2 Å². The zero-order valence-electron chi connectivity index (χ0n) is 10.6. The van der Waals surface area contributed by atoms with Crippen molar-refractivity contribution in [3.8, 4) is 11.5 Å². The maximum absolute atomic E-state index is 5.87. The molecule has 0 aliphatic rings. The largest absolute Gasteiger partial charge is 0.493 e. The van der Waals surface area contributed by atoms with Crippen LogP contribution >= 0.6 is 0 Å². The van der Waals surface area contributed by atoms with Gasteiger partial charge in [0.2, 0.25) is 0 Å².